The molecule has 2 aromatic carbocycles. The number of benzene rings is 2. The van der Waals surface area contributed by atoms with E-state index in [9.17, 15) is 10.1 Å². The predicted molar refractivity (Wildman–Crippen MR) is 131 cm³/mol. The fourth-order valence-electron chi connectivity index (χ4n) is 4.23. The summed E-state index contributed by atoms with van der Waals surface area (Å²) in [6.45, 7) is 4.24. The first-order chi connectivity index (χ1) is 16.1. The molecular weight excluding hydrogens is 414 g/mol. The number of nitriles is 1. The maximum atomic E-state index is 12.3. The van der Waals surface area contributed by atoms with Gasteiger partial charge in [0, 0.05) is 43.1 Å². The molecule has 1 amide bonds. The number of anilines is 1. The molecule has 0 saturated carbocycles. The minimum atomic E-state index is -0.461. The number of nitrogens with one attached hydrogen (secondary N) is 1. The van der Waals surface area contributed by atoms with Crippen molar-refractivity contribution in [2.75, 3.05) is 31.1 Å². The number of hydrogen-bond acceptors (Lipinski definition) is 5. The number of hydrogen-bond donors (Lipinski definition) is 2. The van der Waals surface area contributed by atoms with E-state index in [-0.39, 0.29) is 12.2 Å². The molecule has 3 aromatic rings. The van der Waals surface area contributed by atoms with E-state index < -0.39 is 5.91 Å². The third kappa shape index (κ3) is 5.10. The monoisotopic (exact) mass is 443 g/mol. The number of carbonyl (C=O) groups excluding carboxylic acids is 1. The Hall–Kier alpha value is -3.56. The van der Waals surface area contributed by atoms with Gasteiger partial charge in [-0.2, -0.15) is 5.26 Å². The lowest BCUT2D eigenvalue weighted by Gasteiger charge is -2.29. The van der Waals surface area contributed by atoms with Crippen molar-refractivity contribution in [1.29, 1.82) is 5.26 Å². The molecule has 0 bridgehead atoms. The number of aliphatic hydroxyl groups excluding tert-OH is 1. The molecule has 2 heterocycles. The van der Waals surface area contributed by atoms with Crippen LogP contribution in [0.2, 0.25) is 0 Å². The number of nitrogens with zero attached hydrogens (tertiary/aromatic N) is 2. The normalized spacial score (nSPS) is 14.6. The molecule has 1 fully saturated rings. The van der Waals surface area contributed by atoms with Crippen LogP contribution >= 0.6 is 0 Å². The topological polar surface area (TPSA) is 89.5 Å². The highest BCUT2D eigenvalue weighted by molar-refractivity contribution is 6.04. The van der Waals surface area contributed by atoms with E-state index in [2.05, 4.69) is 40.5 Å². The lowest BCUT2D eigenvalue weighted by molar-refractivity contribution is -0.117. The van der Waals surface area contributed by atoms with Gasteiger partial charge in [0.2, 0.25) is 0 Å². The molecule has 0 unspecified atom stereocenters. The van der Waals surface area contributed by atoms with Crippen LogP contribution in [0.4, 0.5) is 5.69 Å². The van der Waals surface area contributed by atoms with Crippen LogP contribution in [0.1, 0.15) is 38.4 Å². The van der Waals surface area contributed by atoms with Gasteiger partial charge in [-0.1, -0.05) is 18.2 Å². The number of aliphatic hydroxyl groups is 1. The second-order valence-electron chi connectivity index (χ2n) is 8.40. The molecule has 6 nitrogen and oxygen atoms in total. The lowest BCUT2D eigenvalue weighted by Crippen LogP contribution is -2.29. The number of fused-ring (bicyclic) bond motifs is 1. The maximum Gasteiger partial charge on any atom is 0.262 e. The number of rotatable bonds is 7. The van der Waals surface area contributed by atoms with E-state index in [1.807, 2.05) is 18.2 Å². The predicted octanol–water partition coefficient (Wildman–Crippen LogP) is 4.89. The van der Waals surface area contributed by atoms with Gasteiger partial charge >= 0.3 is 0 Å². The van der Waals surface area contributed by atoms with Gasteiger partial charge in [-0.05, 0) is 73.7 Å². The smallest absolute Gasteiger partial charge is 0.262 e. The van der Waals surface area contributed by atoms with Crippen molar-refractivity contribution < 1.29 is 14.3 Å². The average Bonchev–Trinajstić information content (AvgIpc) is 3.35. The second kappa shape index (κ2) is 10.4. The largest absolute Gasteiger partial charge is 0.456 e. The van der Waals surface area contributed by atoms with Crippen LogP contribution in [0.15, 0.2) is 58.5 Å². The molecule has 1 aliphatic heterocycles. The minimum absolute atomic E-state index is 0.0117. The zero-order chi connectivity index (χ0) is 23.2. The summed E-state index contributed by atoms with van der Waals surface area (Å²) in [4.78, 5) is 14.8. The van der Waals surface area contributed by atoms with Crippen molar-refractivity contribution >= 4 is 27.9 Å². The van der Waals surface area contributed by atoms with E-state index in [0.717, 1.165) is 24.0 Å². The molecule has 6 heteroatoms. The van der Waals surface area contributed by atoms with Gasteiger partial charge in [-0.25, -0.2) is 0 Å². The summed E-state index contributed by atoms with van der Waals surface area (Å²) in [5, 5.41) is 23.3. The van der Waals surface area contributed by atoms with Crippen molar-refractivity contribution in [2.24, 2.45) is 0 Å². The summed E-state index contributed by atoms with van der Waals surface area (Å²) in [6, 6.07) is 18.5. The Balaban J connectivity index is 1.56. The molecule has 4 rings (SSSR count). The summed E-state index contributed by atoms with van der Waals surface area (Å²) in [5.41, 5.74) is 2.71. The Bertz CT molecular complexity index is 1210. The third-order valence-electron chi connectivity index (χ3n) is 6.14. The van der Waals surface area contributed by atoms with Crippen molar-refractivity contribution in [3.63, 3.8) is 0 Å². The zero-order valence-corrected chi connectivity index (χ0v) is 18.9. The standard InChI is InChI=1S/C27H29N3O3/c1-19(24(18-28)27(32)29-12-5-15-31)25-10-11-26(33-25)22-7-6-21-17-23(9-8-20(21)16-22)30-13-3-2-4-14-30/h6-11,16-17,31H,2-5,12-15H2,1H3,(H,29,32)/b24-19+. The van der Waals surface area contributed by atoms with Crippen molar-refractivity contribution in [3.05, 3.63) is 59.9 Å². The van der Waals surface area contributed by atoms with Crippen molar-refractivity contribution in [1.82, 2.24) is 5.32 Å². The fraction of sp³-hybridized carbons (Fsp3) is 0.333. The SMILES string of the molecule is C/C(=C(/C#N)C(=O)NCCCO)c1ccc(-c2ccc3cc(N4CCCCC4)ccc3c2)o1. The van der Waals surface area contributed by atoms with Crippen LogP contribution in [-0.2, 0) is 4.79 Å². The molecule has 1 aliphatic rings. The Morgan fingerprint density at radius 3 is 2.61 bits per heavy atom. The molecule has 0 spiro atoms. The molecule has 33 heavy (non-hydrogen) atoms. The number of allylic oxidation sites excluding steroid dienone is 1. The summed E-state index contributed by atoms with van der Waals surface area (Å²) in [6.07, 6.45) is 4.26. The highest BCUT2D eigenvalue weighted by Gasteiger charge is 2.17. The van der Waals surface area contributed by atoms with Crippen LogP contribution in [0, 0.1) is 11.3 Å². The van der Waals surface area contributed by atoms with E-state index in [4.69, 9.17) is 9.52 Å². The Morgan fingerprint density at radius 2 is 1.85 bits per heavy atom. The first-order valence-corrected chi connectivity index (χ1v) is 11.5. The third-order valence-corrected chi connectivity index (χ3v) is 6.14. The first kappa shape index (κ1) is 22.6. The highest BCUT2D eigenvalue weighted by Crippen LogP contribution is 2.31. The molecule has 1 aromatic heterocycles. The minimum Gasteiger partial charge on any atom is -0.456 e. The summed E-state index contributed by atoms with van der Waals surface area (Å²) in [5.74, 6) is 0.709. The second-order valence-corrected chi connectivity index (χ2v) is 8.40. The van der Waals surface area contributed by atoms with Crippen LogP contribution in [-0.4, -0.2) is 37.3 Å². The van der Waals surface area contributed by atoms with Gasteiger partial charge in [0.15, 0.2) is 0 Å². The van der Waals surface area contributed by atoms with E-state index in [0.29, 0.717) is 30.1 Å². The van der Waals surface area contributed by atoms with Crippen LogP contribution in [0.5, 0.6) is 0 Å². The summed E-state index contributed by atoms with van der Waals surface area (Å²) in [7, 11) is 0. The van der Waals surface area contributed by atoms with Crippen LogP contribution < -0.4 is 10.2 Å². The first-order valence-electron chi connectivity index (χ1n) is 11.5. The number of furan rings is 1. The molecular formula is C27H29N3O3. The molecule has 0 atom stereocenters. The highest BCUT2D eigenvalue weighted by atomic mass is 16.3. The van der Waals surface area contributed by atoms with Gasteiger partial charge in [0.1, 0.15) is 23.2 Å². The Morgan fingerprint density at radius 1 is 1.09 bits per heavy atom. The Kier molecular flexibility index (Phi) is 7.11. The van der Waals surface area contributed by atoms with Gasteiger partial charge in [0.05, 0.1) is 0 Å². The molecule has 0 aliphatic carbocycles. The quantitative estimate of drug-likeness (QED) is 0.308. The van der Waals surface area contributed by atoms with Crippen LogP contribution in [0.25, 0.3) is 27.7 Å². The van der Waals surface area contributed by atoms with Gasteiger partial charge < -0.3 is 19.7 Å². The molecule has 170 valence electrons. The van der Waals surface area contributed by atoms with E-state index >= 15 is 0 Å². The number of carbonyl (C=O) groups is 1. The molecule has 0 radical (unpaired) electrons. The Labute approximate surface area is 194 Å². The summed E-state index contributed by atoms with van der Waals surface area (Å²) >= 11 is 0. The van der Waals surface area contributed by atoms with Gasteiger partial charge in [-0.15, -0.1) is 0 Å². The van der Waals surface area contributed by atoms with Gasteiger partial charge in [0.25, 0.3) is 5.91 Å². The van der Waals surface area contributed by atoms with Crippen molar-refractivity contribution in [2.45, 2.75) is 32.6 Å². The zero-order valence-electron chi connectivity index (χ0n) is 18.9. The fourth-order valence-corrected chi connectivity index (χ4v) is 4.23. The average molecular weight is 444 g/mol. The maximum absolute atomic E-state index is 12.3. The number of amides is 1. The van der Waals surface area contributed by atoms with Gasteiger partial charge in [-0.3, -0.25) is 4.79 Å². The number of piperidine rings is 1. The van der Waals surface area contributed by atoms with E-state index in [1.165, 1.54) is 30.3 Å². The van der Waals surface area contributed by atoms with Crippen LogP contribution in [0.3, 0.4) is 0 Å². The lowest BCUT2D eigenvalue weighted by atomic mass is 10.0. The molecule has 1 saturated heterocycles. The van der Waals surface area contributed by atoms with E-state index in [1.54, 1.807) is 13.0 Å². The molecule has 2 N–H and O–H groups in total. The summed E-state index contributed by atoms with van der Waals surface area (Å²) < 4.78 is 6.02. The van der Waals surface area contributed by atoms with Crippen molar-refractivity contribution in [3.8, 4) is 17.4 Å².